The number of nitrogens with one attached hydrogen (secondary N) is 1. The van der Waals surface area contributed by atoms with E-state index >= 15 is 0 Å². The molecule has 31 heavy (non-hydrogen) atoms. The fourth-order valence-corrected chi connectivity index (χ4v) is 5.31. The number of fused-ring (bicyclic) bond motifs is 1. The Labute approximate surface area is 183 Å². The van der Waals surface area contributed by atoms with Crippen molar-refractivity contribution in [3.63, 3.8) is 0 Å². The van der Waals surface area contributed by atoms with Gasteiger partial charge in [-0.3, -0.25) is 4.79 Å². The van der Waals surface area contributed by atoms with Gasteiger partial charge in [0.25, 0.3) is 5.91 Å². The largest absolute Gasteiger partial charge is 0.490 e. The van der Waals surface area contributed by atoms with Crippen LogP contribution in [0.1, 0.15) is 52.4 Å². The first-order valence-electron chi connectivity index (χ1n) is 10.6. The van der Waals surface area contributed by atoms with Gasteiger partial charge >= 0.3 is 0 Å². The molecule has 1 atom stereocenters. The van der Waals surface area contributed by atoms with Gasteiger partial charge in [-0.05, 0) is 74.7 Å². The van der Waals surface area contributed by atoms with E-state index in [1.165, 1.54) is 13.1 Å². The van der Waals surface area contributed by atoms with Crippen LogP contribution in [-0.4, -0.2) is 46.0 Å². The molecule has 2 aliphatic heterocycles. The predicted octanol–water partition coefficient (Wildman–Crippen LogP) is 3.35. The minimum absolute atomic E-state index is 0.0874. The minimum atomic E-state index is -3.66. The molecule has 1 unspecified atom stereocenters. The van der Waals surface area contributed by atoms with E-state index in [1.807, 2.05) is 30.0 Å². The fraction of sp³-hybridized carbons (Fsp3) is 0.435. The summed E-state index contributed by atoms with van der Waals surface area (Å²) in [6.45, 7) is 5.44. The third kappa shape index (κ3) is 4.14. The number of sulfonamides is 1. The van der Waals surface area contributed by atoms with Gasteiger partial charge in [0.05, 0.1) is 24.2 Å². The van der Waals surface area contributed by atoms with Crippen LogP contribution < -0.4 is 14.2 Å². The van der Waals surface area contributed by atoms with Crippen LogP contribution in [0.5, 0.6) is 11.5 Å². The number of carbonyl (C=O) groups excluding carboxylic acids is 1. The highest BCUT2D eigenvalue weighted by molar-refractivity contribution is 7.89. The molecule has 0 aromatic heterocycles. The summed E-state index contributed by atoms with van der Waals surface area (Å²) < 4.78 is 38.8. The Morgan fingerprint density at radius 2 is 1.81 bits per heavy atom. The van der Waals surface area contributed by atoms with Crippen LogP contribution >= 0.6 is 0 Å². The third-order valence-corrected chi connectivity index (χ3v) is 7.64. The average Bonchev–Trinajstić information content (AvgIpc) is 3.13. The lowest BCUT2D eigenvalue weighted by atomic mass is 10.0. The van der Waals surface area contributed by atoms with E-state index in [9.17, 15) is 13.2 Å². The molecule has 0 saturated carbocycles. The van der Waals surface area contributed by atoms with Gasteiger partial charge in [-0.15, -0.1) is 0 Å². The number of carbonyl (C=O) groups is 1. The van der Waals surface area contributed by atoms with Crippen molar-refractivity contribution in [2.24, 2.45) is 0 Å². The van der Waals surface area contributed by atoms with E-state index in [2.05, 4.69) is 4.72 Å². The SMILES string of the molecule is CNS(=O)(=O)c1cc(C(=O)N2CCCC2c2ccc3c(c2)OCCCO3)cc(C)c1C. The van der Waals surface area contributed by atoms with Gasteiger partial charge in [-0.2, -0.15) is 0 Å². The summed E-state index contributed by atoms with van der Waals surface area (Å²) in [5.41, 5.74) is 2.80. The highest BCUT2D eigenvalue weighted by Crippen LogP contribution is 2.38. The Kier molecular flexibility index (Phi) is 5.94. The van der Waals surface area contributed by atoms with Gasteiger partial charge in [0.1, 0.15) is 0 Å². The third-order valence-electron chi connectivity index (χ3n) is 6.09. The Morgan fingerprint density at radius 1 is 1.06 bits per heavy atom. The zero-order valence-corrected chi connectivity index (χ0v) is 18.9. The van der Waals surface area contributed by atoms with Crippen LogP contribution in [0.4, 0.5) is 0 Å². The fourth-order valence-electron chi connectivity index (χ4n) is 4.25. The molecule has 8 heteroatoms. The van der Waals surface area contributed by atoms with Crippen molar-refractivity contribution < 1.29 is 22.7 Å². The molecule has 0 spiro atoms. The molecule has 2 aliphatic rings. The summed E-state index contributed by atoms with van der Waals surface area (Å²) in [7, 11) is -2.29. The lowest BCUT2D eigenvalue weighted by Gasteiger charge is -2.26. The van der Waals surface area contributed by atoms with Gasteiger partial charge in [-0.25, -0.2) is 13.1 Å². The summed E-state index contributed by atoms with van der Waals surface area (Å²) in [6.07, 6.45) is 2.57. The van der Waals surface area contributed by atoms with Gasteiger partial charge in [0, 0.05) is 18.5 Å². The minimum Gasteiger partial charge on any atom is -0.490 e. The monoisotopic (exact) mass is 444 g/mol. The highest BCUT2D eigenvalue weighted by atomic mass is 32.2. The molecule has 2 heterocycles. The predicted molar refractivity (Wildman–Crippen MR) is 117 cm³/mol. The van der Waals surface area contributed by atoms with Crippen LogP contribution in [0, 0.1) is 13.8 Å². The molecule has 1 fully saturated rings. The number of amides is 1. The molecule has 0 aliphatic carbocycles. The van der Waals surface area contributed by atoms with Crippen LogP contribution in [0.2, 0.25) is 0 Å². The first-order chi connectivity index (χ1) is 14.8. The first kappa shape index (κ1) is 21.6. The molecule has 166 valence electrons. The maximum Gasteiger partial charge on any atom is 0.254 e. The standard InChI is InChI=1S/C23H28N2O5S/c1-15-12-18(14-22(16(15)2)31(27,28)24-3)23(26)25-9-4-6-19(25)17-7-8-20-21(13-17)30-11-5-10-29-20/h7-8,12-14,19,24H,4-6,9-11H2,1-3H3. The molecule has 0 bridgehead atoms. The van der Waals surface area contributed by atoms with Crippen LogP contribution in [0.25, 0.3) is 0 Å². The maximum atomic E-state index is 13.5. The Morgan fingerprint density at radius 3 is 2.55 bits per heavy atom. The second kappa shape index (κ2) is 8.51. The number of ether oxygens (including phenoxy) is 2. The van der Waals surface area contributed by atoms with Crippen molar-refractivity contribution in [2.45, 2.75) is 44.0 Å². The van der Waals surface area contributed by atoms with Crippen molar-refractivity contribution in [1.82, 2.24) is 9.62 Å². The zero-order valence-electron chi connectivity index (χ0n) is 18.1. The smallest absolute Gasteiger partial charge is 0.254 e. The molecule has 0 radical (unpaired) electrons. The summed E-state index contributed by atoms with van der Waals surface area (Å²) in [5, 5.41) is 0. The van der Waals surface area contributed by atoms with Crippen molar-refractivity contribution in [3.05, 3.63) is 52.6 Å². The molecular weight excluding hydrogens is 416 g/mol. The molecule has 1 amide bonds. The molecular formula is C23H28N2O5S. The number of nitrogens with zero attached hydrogens (tertiary/aromatic N) is 1. The van der Waals surface area contributed by atoms with Crippen LogP contribution in [-0.2, 0) is 10.0 Å². The van der Waals surface area contributed by atoms with E-state index in [1.54, 1.807) is 13.0 Å². The van der Waals surface area contributed by atoms with Gasteiger partial charge < -0.3 is 14.4 Å². The Hall–Kier alpha value is -2.58. The van der Waals surface area contributed by atoms with Gasteiger partial charge in [0.15, 0.2) is 11.5 Å². The van der Waals surface area contributed by atoms with Crippen LogP contribution in [0.15, 0.2) is 35.2 Å². The number of hydrogen-bond acceptors (Lipinski definition) is 5. The quantitative estimate of drug-likeness (QED) is 0.782. The van der Waals surface area contributed by atoms with Crippen molar-refractivity contribution in [2.75, 3.05) is 26.8 Å². The van der Waals surface area contributed by atoms with Crippen molar-refractivity contribution >= 4 is 15.9 Å². The molecule has 2 aromatic rings. The molecule has 4 rings (SSSR count). The van der Waals surface area contributed by atoms with Crippen molar-refractivity contribution in [3.8, 4) is 11.5 Å². The number of rotatable bonds is 4. The lowest BCUT2D eigenvalue weighted by Crippen LogP contribution is -2.31. The number of likely N-dealkylation sites (tertiary alicyclic amines) is 1. The van der Waals surface area contributed by atoms with E-state index in [0.717, 1.165) is 36.1 Å². The van der Waals surface area contributed by atoms with Crippen molar-refractivity contribution in [1.29, 1.82) is 0 Å². The molecule has 7 nitrogen and oxygen atoms in total. The van der Waals surface area contributed by atoms with E-state index in [-0.39, 0.29) is 16.8 Å². The summed E-state index contributed by atoms with van der Waals surface area (Å²) in [4.78, 5) is 15.4. The van der Waals surface area contributed by atoms with E-state index in [4.69, 9.17) is 9.47 Å². The Balaban J connectivity index is 1.67. The number of hydrogen-bond donors (Lipinski definition) is 1. The summed E-state index contributed by atoms with van der Waals surface area (Å²) in [5.74, 6) is 1.28. The first-order valence-corrected chi connectivity index (χ1v) is 12.1. The van der Waals surface area contributed by atoms with Gasteiger partial charge in [-0.1, -0.05) is 6.07 Å². The van der Waals surface area contributed by atoms with E-state index < -0.39 is 10.0 Å². The Bertz CT molecular complexity index is 1110. The number of aryl methyl sites for hydroxylation is 1. The van der Waals surface area contributed by atoms with E-state index in [0.29, 0.717) is 36.6 Å². The molecule has 1 N–H and O–H groups in total. The molecule has 1 saturated heterocycles. The average molecular weight is 445 g/mol. The summed E-state index contributed by atoms with van der Waals surface area (Å²) in [6, 6.07) is 9.03. The second-order valence-electron chi connectivity index (χ2n) is 8.04. The normalized spacial score (nSPS) is 18.7. The summed E-state index contributed by atoms with van der Waals surface area (Å²) >= 11 is 0. The number of benzene rings is 2. The molecule has 2 aromatic carbocycles. The highest BCUT2D eigenvalue weighted by Gasteiger charge is 2.32. The zero-order chi connectivity index (χ0) is 22.2. The lowest BCUT2D eigenvalue weighted by molar-refractivity contribution is 0.0735. The van der Waals surface area contributed by atoms with Gasteiger partial charge in [0.2, 0.25) is 10.0 Å². The topological polar surface area (TPSA) is 84.9 Å². The second-order valence-corrected chi connectivity index (χ2v) is 9.89. The maximum absolute atomic E-state index is 13.5. The van der Waals surface area contributed by atoms with Crippen LogP contribution in [0.3, 0.4) is 0 Å².